The zero-order valence-electron chi connectivity index (χ0n) is 16.5. The second-order valence-corrected chi connectivity index (χ2v) is 6.81. The highest BCUT2D eigenvalue weighted by atomic mass is 19.2. The Morgan fingerprint density at radius 2 is 1.81 bits per heavy atom. The molecule has 4 aromatic rings. The molecule has 0 aliphatic rings. The summed E-state index contributed by atoms with van der Waals surface area (Å²) < 4.78 is 62.8. The number of benzene rings is 2. The van der Waals surface area contributed by atoms with Gasteiger partial charge in [0.15, 0.2) is 23.3 Å². The third kappa shape index (κ3) is 3.18. The van der Waals surface area contributed by atoms with Crippen molar-refractivity contribution in [1.82, 2.24) is 14.6 Å². The fourth-order valence-corrected chi connectivity index (χ4v) is 3.20. The molecule has 2 aromatic carbocycles. The van der Waals surface area contributed by atoms with E-state index in [1.807, 2.05) is 0 Å². The van der Waals surface area contributed by atoms with Gasteiger partial charge in [0.2, 0.25) is 0 Å². The van der Waals surface area contributed by atoms with Crippen LogP contribution in [0.4, 0.5) is 23.2 Å². The Balaban J connectivity index is 1.83. The Kier molecular flexibility index (Phi) is 4.88. The number of halogens is 4. The second-order valence-electron chi connectivity index (χ2n) is 6.81. The highest BCUT2D eigenvalue weighted by Crippen LogP contribution is 2.29. The first kappa shape index (κ1) is 20.4. The largest absolute Gasteiger partial charge is 0.497 e. The Labute approximate surface area is 172 Å². The summed E-state index contributed by atoms with van der Waals surface area (Å²) in [6, 6.07) is 5.09. The molecule has 0 amide bonds. The SMILES string of the molecule is COc1ccc2[nH]c3c(=O)n(/N=C\c4c(F)c(F)c(N(C)C)c(F)c4F)cnc3c2c1. The lowest BCUT2D eigenvalue weighted by Gasteiger charge is -2.16. The molecule has 11 heteroatoms. The van der Waals surface area contributed by atoms with Crippen LogP contribution in [0.25, 0.3) is 21.9 Å². The third-order valence-corrected chi connectivity index (χ3v) is 4.73. The number of anilines is 1. The molecule has 0 aliphatic carbocycles. The minimum absolute atomic E-state index is 0.0872. The van der Waals surface area contributed by atoms with Crippen molar-refractivity contribution in [2.24, 2.45) is 5.10 Å². The van der Waals surface area contributed by atoms with Crippen molar-refractivity contribution in [3.63, 3.8) is 0 Å². The van der Waals surface area contributed by atoms with Crippen LogP contribution >= 0.6 is 0 Å². The van der Waals surface area contributed by atoms with Crippen LogP contribution in [-0.2, 0) is 0 Å². The molecule has 0 atom stereocenters. The summed E-state index contributed by atoms with van der Waals surface area (Å²) >= 11 is 0. The summed E-state index contributed by atoms with van der Waals surface area (Å²) in [6.45, 7) is 0. The molecule has 7 nitrogen and oxygen atoms in total. The number of H-pyrrole nitrogens is 1. The van der Waals surface area contributed by atoms with Gasteiger partial charge in [0.25, 0.3) is 5.56 Å². The van der Waals surface area contributed by atoms with E-state index in [1.165, 1.54) is 21.2 Å². The molecular formula is C20H15F4N5O2. The van der Waals surface area contributed by atoms with Gasteiger partial charge in [-0.25, -0.2) is 22.5 Å². The number of rotatable bonds is 4. The van der Waals surface area contributed by atoms with Gasteiger partial charge in [-0.05, 0) is 18.2 Å². The quantitative estimate of drug-likeness (QED) is 0.304. The van der Waals surface area contributed by atoms with Gasteiger partial charge < -0.3 is 14.6 Å². The molecule has 0 spiro atoms. The van der Waals surface area contributed by atoms with Gasteiger partial charge in [0.1, 0.15) is 28.8 Å². The van der Waals surface area contributed by atoms with Gasteiger partial charge in [-0.2, -0.15) is 9.78 Å². The molecule has 160 valence electrons. The van der Waals surface area contributed by atoms with Crippen molar-refractivity contribution < 1.29 is 22.3 Å². The topological polar surface area (TPSA) is 75.5 Å². The highest BCUT2D eigenvalue weighted by Gasteiger charge is 2.25. The predicted octanol–water partition coefficient (Wildman–Crippen LogP) is 3.39. The van der Waals surface area contributed by atoms with Crippen molar-refractivity contribution in [3.05, 3.63) is 63.7 Å². The van der Waals surface area contributed by atoms with Crippen LogP contribution in [0, 0.1) is 23.3 Å². The van der Waals surface area contributed by atoms with Crippen LogP contribution in [0.3, 0.4) is 0 Å². The first-order valence-electron chi connectivity index (χ1n) is 8.89. The van der Waals surface area contributed by atoms with E-state index in [2.05, 4.69) is 15.1 Å². The number of aromatic amines is 1. The predicted molar refractivity (Wildman–Crippen MR) is 108 cm³/mol. The lowest BCUT2D eigenvalue weighted by atomic mass is 10.1. The van der Waals surface area contributed by atoms with Crippen LogP contribution < -0.4 is 15.2 Å². The minimum atomic E-state index is -1.63. The van der Waals surface area contributed by atoms with Crippen LogP contribution in [0.2, 0.25) is 0 Å². The van der Waals surface area contributed by atoms with Gasteiger partial charge in [0.05, 0.1) is 18.9 Å². The molecule has 0 unspecified atom stereocenters. The smallest absolute Gasteiger partial charge is 0.298 e. The van der Waals surface area contributed by atoms with E-state index in [4.69, 9.17) is 4.74 Å². The number of nitrogens with zero attached hydrogens (tertiary/aromatic N) is 4. The molecule has 31 heavy (non-hydrogen) atoms. The lowest BCUT2D eigenvalue weighted by molar-refractivity contribution is 0.415. The molecule has 1 N–H and O–H groups in total. The summed E-state index contributed by atoms with van der Waals surface area (Å²) in [5, 5.41) is 4.28. The Morgan fingerprint density at radius 3 is 2.42 bits per heavy atom. The van der Waals surface area contributed by atoms with E-state index in [0.717, 1.165) is 11.2 Å². The zero-order valence-corrected chi connectivity index (χ0v) is 16.5. The average Bonchev–Trinajstić information content (AvgIpc) is 3.12. The van der Waals surface area contributed by atoms with Gasteiger partial charge in [-0.1, -0.05) is 0 Å². The number of fused-ring (bicyclic) bond motifs is 3. The highest BCUT2D eigenvalue weighted by molar-refractivity contribution is 6.04. The van der Waals surface area contributed by atoms with Gasteiger partial charge >= 0.3 is 0 Å². The van der Waals surface area contributed by atoms with E-state index in [9.17, 15) is 22.4 Å². The number of methoxy groups -OCH3 is 1. The van der Waals surface area contributed by atoms with E-state index in [0.29, 0.717) is 33.1 Å². The fraction of sp³-hybridized carbons (Fsp3) is 0.150. The van der Waals surface area contributed by atoms with Crippen molar-refractivity contribution in [3.8, 4) is 5.75 Å². The fourth-order valence-electron chi connectivity index (χ4n) is 3.20. The maximum atomic E-state index is 14.3. The summed E-state index contributed by atoms with van der Waals surface area (Å²) in [5.41, 5.74) is -1.56. The molecule has 0 radical (unpaired) electrons. The van der Waals surface area contributed by atoms with Crippen molar-refractivity contribution >= 4 is 33.8 Å². The minimum Gasteiger partial charge on any atom is -0.497 e. The maximum absolute atomic E-state index is 14.3. The molecule has 0 fully saturated rings. The van der Waals surface area contributed by atoms with Crippen molar-refractivity contribution in [2.45, 2.75) is 0 Å². The molecular weight excluding hydrogens is 418 g/mol. The number of hydrogen-bond acceptors (Lipinski definition) is 5. The zero-order chi connectivity index (χ0) is 22.4. The van der Waals surface area contributed by atoms with Gasteiger partial charge in [0, 0.05) is 25.0 Å². The Hall–Kier alpha value is -3.89. The number of ether oxygens (including phenoxy) is 1. The first-order chi connectivity index (χ1) is 14.7. The average molecular weight is 433 g/mol. The molecule has 0 aliphatic heterocycles. The van der Waals surface area contributed by atoms with Crippen LogP contribution in [-0.4, -0.2) is 42.1 Å². The van der Waals surface area contributed by atoms with Crippen molar-refractivity contribution in [1.29, 1.82) is 0 Å². The Morgan fingerprint density at radius 1 is 1.13 bits per heavy atom. The maximum Gasteiger partial charge on any atom is 0.298 e. The summed E-state index contributed by atoms with van der Waals surface area (Å²) in [6.07, 6.45) is 1.56. The van der Waals surface area contributed by atoms with E-state index < -0.39 is 40.1 Å². The summed E-state index contributed by atoms with van der Waals surface area (Å²) in [4.78, 5) is 20.7. The van der Waals surface area contributed by atoms with Gasteiger partial charge in [-0.3, -0.25) is 4.79 Å². The number of aromatic nitrogens is 3. The van der Waals surface area contributed by atoms with E-state index in [-0.39, 0.29) is 5.52 Å². The molecule has 2 heterocycles. The van der Waals surface area contributed by atoms with Crippen LogP contribution in [0.15, 0.2) is 34.4 Å². The van der Waals surface area contributed by atoms with Crippen LogP contribution in [0.1, 0.15) is 5.56 Å². The normalized spacial score (nSPS) is 11.7. The Bertz CT molecular complexity index is 1400. The number of nitrogens with one attached hydrogen (secondary N) is 1. The van der Waals surface area contributed by atoms with E-state index >= 15 is 0 Å². The lowest BCUT2D eigenvalue weighted by Crippen LogP contribution is -2.19. The summed E-state index contributed by atoms with van der Waals surface area (Å²) in [7, 11) is 3.98. The van der Waals surface area contributed by atoms with Crippen LogP contribution in [0.5, 0.6) is 5.75 Å². The van der Waals surface area contributed by atoms with E-state index in [1.54, 1.807) is 18.2 Å². The van der Waals surface area contributed by atoms with Crippen molar-refractivity contribution in [2.75, 3.05) is 26.1 Å². The number of hydrogen-bond donors (Lipinski definition) is 1. The third-order valence-electron chi connectivity index (χ3n) is 4.73. The second kappa shape index (κ2) is 7.42. The van der Waals surface area contributed by atoms with Gasteiger partial charge in [-0.15, -0.1) is 0 Å². The molecule has 0 saturated heterocycles. The molecule has 0 bridgehead atoms. The first-order valence-corrected chi connectivity index (χ1v) is 8.89. The summed E-state index contributed by atoms with van der Waals surface area (Å²) in [5.74, 6) is -5.85. The molecule has 0 saturated carbocycles. The molecule has 4 rings (SSSR count). The standard InChI is InChI=1S/C20H15F4N5O2/c1-28(2)19-15(23)13(21)11(14(22)16(19)24)7-26-29-8-25-17-10-6-9(31-3)4-5-12(10)27-18(17)20(29)30/h4-8,27H,1-3H3/b26-7-. The monoisotopic (exact) mass is 433 g/mol. The molecule has 2 aromatic heterocycles.